The third kappa shape index (κ3) is 3.71. The number of carbonyl (C=O) groups excluding carboxylic acids is 1. The number of hydrogen-bond acceptors (Lipinski definition) is 6. The summed E-state index contributed by atoms with van der Waals surface area (Å²) in [7, 11) is 1.57. The van der Waals surface area contributed by atoms with Gasteiger partial charge in [0.2, 0.25) is 0 Å². The van der Waals surface area contributed by atoms with Gasteiger partial charge in [-0.15, -0.1) is 0 Å². The minimum atomic E-state index is -1.60. The number of carbonyl (C=O) groups is 1. The Morgan fingerprint density at radius 3 is 2.64 bits per heavy atom. The van der Waals surface area contributed by atoms with Crippen LogP contribution in [0.25, 0.3) is 10.9 Å². The molecule has 0 unspecified atom stereocenters. The van der Waals surface area contributed by atoms with Gasteiger partial charge in [0.05, 0.1) is 36.1 Å². The van der Waals surface area contributed by atoms with E-state index < -0.39 is 22.8 Å². The van der Waals surface area contributed by atoms with Gasteiger partial charge >= 0.3 is 0 Å². The first-order valence-electron chi connectivity index (χ1n) is 8.45. The van der Waals surface area contributed by atoms with Gasteiger partial charge in [-0.05, 0) is 48.9 Å². The molecular formula is C20H17FN3O4-. The first-order chi connectivity index (χ1) is 13.4. The van der Waals surface area contributed by atoms with Crippen molar-refractivity contribution < 1.29 is 19.0 Å². The van der Waals surface area contributed by atoms with E-state index in [4.69, 9.17) is 4.74 Å². The number of aromatic carboxylic acids is 1. The molecule has 28 heavy (non-hydrogen) atoms. The van der Waals surface area contributed by atoms with Gasteiger partial charge in [-0.3, -0.25) is 10.2 Å². The van der Waals surface area contributed by atoms with Gasteiger partial charge in [0, 0.05) is 18.1 Å². The minimum Gasteiger partial charge on any atom is -0.545 e. The van der Waals surface area contributed by atoms with E-state index in [1.807, 2.05) is 0 Å². The quantitative estimate of drug-likeness (QED) is 0.520. The molecule has 0 spiro atoms. The summed E-state index contributed by atoms with van der Waals surface area (Å²) in [5.74, 6) is -1.62. The number of aromatic nitrogens is 1. The molecule has 1 heterocycles. The number of benzene rings is 2. The lowest BCUT2D eigenvalue weighted by Gasteiger charge is -2.13. The van der Waals surface area contributed by atoms with Crippen LogP contribution in [0, 0.1) is 5.82 Å². The molecule has 3 rings (SSSR count). The first-order valence-corrected chi connectivity index (χ1v) is 8.45. The van der Waals surface area contributed by atoms with Crippen molar-refractivity contribution in [3.05, 3.63) is 69.8 Å². The fraction of sp³-hybridized carbons (Fsp3) is 0.150. The predicted molar refractivity (Wildman–Crippen MR) is 102 cm³/mol. The largest absolute Gasteiger partial charge is 0.545 e. The molecule has 1 N–H and O–H groups in total. The van der Waals surface area contributed by atoms with Crippen LogP contribution in [0.3, 0.4) is 0 Å². The third-order valence-corrected chi connectivity index (χ3v) is 4.24. The topological polar surface area (TPSA) is 95.8 Å². The number of anilines is 1. The molecule has 0 radical (unpaired) electrons. The minimum absolute atomic E-state index is 0.0364. The van der Waals surface area contributed by atoms with Gasteiger partial charge in [0.15, 0.2) is 5.43 Å². The molecular weight excluding hydrogens is 365 g/mol. The van der Waals surface area contributed by atoms with E-state index in [9.17, 15) is 19.1 Å². The smallest absolute Gasteiger partial charge is 0.198 e. The maximum absolute atomic E-state index is 14.4. The molecule has 1 aromatic heterocycles. The van der Waals surface area contributed by atoms with Gasteiger partial charge in [-0.25, -0.2) is 4.39 Å². The molecule has 7 nitrogen and oxygen atoms in total. The molecule has 0 bridgehead atoms. The van der Waals surface area contributed by atoms with E-state index in [1.165, 1.54) is 18.5 Å². The van der Waals surface area contributed by atoms with Crippen molar-refractivity contribution in [1.82, 2.24) is 4.57 Å². The number of ether oxygens (including phenoxy) is 1. The molecule has 0 aliphatic heterocycles. The number of hydrogen-bond donors (Lipinski definition) is 1. The van der Waals surface area contributed by atoms with Crippen LogP contribution >= 0.6 is 0 Å². The van der Waals surface area contributed by atoms with E-state index >= 15 is 0 Å². The van der Waals surface area contributed by atoms with Crippen LogP contribution in [0.1, 0.15) is 22.8 Å². The average molecular weight is 382 g/mol. The van der Waals surface area contributed by atoms with Crippen molar-refractivity contribution >= 4 is 28.8 Å². The van der Waals surface area contributed by atoms with Crippen molar-refractivity contribution in [3.63, 3.8) is 0 Å². The number of fused-ring (bicyclic) bond motifs is 1. The average Bonchev–Trinajstić information content (AvgIpc) is 2.69. The highest BCUT2D eigenvalue weighted by Crippen LogP contribution is 2.22. The van der Waals surface area contributed by atoms with Gasteiger partial charge in [0.1, 0.15) is 11.6 Å². The van der Waals surface area contributed by atoms with Crippen molar-refractivity contribution in [3.8, 4) is 5.75 Å². The number of methoxy groups -OCH3 is 1. The molecule has 0 fully saturated rings. The fourth-order valence-corrected chi connectivity index (χ4v) is 2.77. The number of nitrogens with one attached hydrogen (secondary N) is 1. The molecule has 3 aromatic rings. The van der Waals surface area contributed by atoms with E-state index in [2.05, 4.69) is 10.5 Å². The fourth-order valence-electron chi connectivity index (χ4n) is 2.77. The van der Waals surface area contributed by atoms with Crippen molar-refractivity contribution in [2.45, 2.75) is 13.5 Å². The molecule has 0 atom stereocenters. The number of pyridine rings is 1. The molecule has 8 heteroatoms. The molecule has 0 aliphatic carbocycles. The van der Waals surface area contributed by atoms with Crippen LogP contribution in [0.2, 0.25) is 0 Å². The van der Waals surface area contributed by atoms with Crippen LogP contribution < -0.4 is 20.7 Å². The van der Waals surface area contributed by atoms with Crippen molar-refractivity contribution in [1.29, 1.82) is 0 Å². The summed E-state index contributed by atoms with van der Waals surface area (Å²) in [5.41, 5.74) is 2.54. The second-order valence-corrected chi connectivity index (χ2v) is 5.94. The normalized spacial score (nSPS) is 11.1. The second-order valence-electron chi connectivity index (χ2n) is 5.94. The summed E-state index contributed by atoms with van der Waals surface area (Å²) in [5, 5.41) is 15.1. The molecule has 144 valence electrons. The summed E-state index contributed by atoms with van der Waals surface area (Å²) < 4.78 is 21.0. The standard InChI is InChI=1S/C20H18FN3O4/c1-3-24-11-15(20(26)27)19(25)14-8-16(21)17(9-18(14)24)23-22-10-12-4-6-13(28-2)7-5-12/h4-11,23H,3H2,1-2H3,(H,26,27)/p-1/b22-10-. The van der Waals surface area contributed by atoms with Gasteiger partial charge in [0.25, 0.3) is 0 Å². The predicted octanol–water partition coefficient (Wildman–Crippen LogP) is 1.98. The highest BCUT2D eigenvalue weighted by Gasteiger charge is 2.13. The Balaban J connectivity index is 1.96. The van der Waals surface area contributed by atoms with Gasteiger partial charge in [-0.1, -0.05) is 0 Å². The second kappa shape index (κ2) is 7.91. The number of nitrogens with zero attached hydrogens (tertiary/aromatic N) is 2. The Morgan fingerprint density at radius 2 is 2.04 bits per heavy atom. The molecule has 0 saturated heterocycles. The van der Waals surface area contributed by atoms with Crippen LogP contribution in [0.4, 0.5) is 10.1 Å². The highest BCUT2D eigenvalue weighted by molar-refractivity contribution is 5.92. The lowest BCUT2D eigenvalue weighted by atomic mass is 10.1. The zero-order valence-electron chi connectivity index (χ0n) is 15.2. The van der Waals surface area contributed by atoms with Gasteiger partial charge in [-0.2, -0.15) is 5.10 Å². The number of carboxylic acids is 1. The first kappa shape index (κ1) is 19.1. The number of aryl methyl sites for hydroxylation is 1. The summed E-state index contributed by atoms with van der Waals surface area (Å²) in [6.45, 7) is 2.17. The van der Waals surface area contributed by atoms with Crippen molar-refractivity contribution in [2.24, 2.45) is 5.10 Å². The SMILES string of the molecule is CCn1cc(C(=O)[O-])c(=O)c2cc(F)c(N/N=C\c3ccc(OC)cc3)cc21. The monoisotopic (exact) mass is 382 g/mol. The van der Waals surface area contributed by atoms with E-state index in [0.29, 0.717) is 17.8 Å². The third-order valence-electron chi connectivity index (χ3n) is 4.24. The molecule has 0 amide bonds. The number of carboxylic acid groups (broad SMARTS) is 1. The van der Waals surface area contributed by atoms with Crippen LogP contribution in [0.5, 0.6) is 5.75 Å². The Morgan fingerprint density at radius 1 is 1.32 bits per heavy atom. The van der Waals surface area contributed by atoms with Crippen LogP contribution in [-0.2, 0) is 6.54 Å². The molecule has 0 saturated carbocycles. The van der Waals surface area contributed by atoms with Gasteiger partial charge < -0.3 is 19.2 Å². The maximum atomic E-state index is 14.4. The van der Waals surface area contributed by atoms with E-state index in [1.54, 1.807) is 42.9 Å². The zero-order valence-corrected chi connectivity index (χ0v) is 15.2. The van der Waals surface area contributed by atoms with E-state index in [0.717, 1.165) is 11.6 Å². The Labute approximate surface area is 159 Å². The Hall–Kier alpha value is -3.68. The Bertz CT molecular complexity index is 1120. The molecule has 0 aliphatic rings. The zero-order chi connectivity index (χ0) is 20.3. The summed E-state index contributed by atoms with van der Waals surface area (Å²) in [6.07, 6.45) is 2.71. The lowest BCUT2D eigenvalue weighted by molar-refractivity contribution is -0.255. The van der Waals surface area contributed by atoms with Crippen LogP contribution in [0.15, 0.2) is 52.5 Å². The number of halogens is 1. The summed E-state index contributed by atoms with van der Waals surface area (Å²) >= 11 is 0. The Kier molecular flexibility index (Phi) is 5.39. The highest BCUT2D eigenvalue weighted by atomic mass is 19.1. The summed E-state index contributed by atoms with van der Waals surface area (Å²) in [4.78, 5) is 23.4. The van der Waals surface area contributed by atoms with E-state index in [-0.39, 0.29) is 11.1 Å². The molecule has 2 aromatic carbocycles. The summed E-state index contributed by atoms with van der Waals surface area (Å²) in [6, 6.07) is 9.54. The lowest BCUT2D eigenvalue weighted by Crippen LogP contribution is -2.30. The number of rotatable bonds is 6. The maximum Gasteiger partial charge on any atom is 0.198 e. The van der Waals surface area contributed by atoms with Crippen LogP contribution in [-0.4, -0.2) is 23.9 Å². The van der Waals surface area contributed by atoms with Crippen molar-refractivity contribution in [2.75, 3.05) is 12.5 Å². The number of hydrazone groups is 1.